The average Bonchev–Trinajstić information content (AvgIpc) is 3.66. The topological polar surface area (TPSA) is 175 Å². The maximum Gasteiger partial charge on any atom is 0.429 e. The SMILES string of the molecule is Cc1ccn(-c2cc(-c3cccc(C(N)=O)c3)ccc2C(Oc2cc(N3CCC4(CC3)CN[C@H](C(=O)O)C4)nc(N)n2)C(F)(F)F)n1. The molecular weight excluding hydrogens is 617 g/mol. The van der Waals surface area contributed by atoms with Crippen molar-refractivity contribution >= 4 is 23.6 Å². The number of carbonyl (C=O) groups excluding carboxylic acids is 1. The number of alkyl halides is 3. The number of nitrogens with zero attached hydrogens (tertiary/aromatic N) is 5. The lowest BCUT2D eigenvalue weighted by Gasteiger charge is -2.39. The van der Waals surface area contributed by atoms with Gasteiger partial charge in [-0.3, -0.25) is 9.59 Å². The number of amides is 1. The van der Waals surface area contributed by atoms with Crippen LogP contribution in [0.1, 0.15) is 47.0 Å². The number of ether oxygens (including phenoxy) is 1. The van der Waals surface area contributed by atoms with Crippen LogP contribution in [0.25, 0.3) is 16.8 Å². The van der Waals surface area contributed by atoms with E-state index in [-0.39, 0.29) is 34.1 Å². The number of hydrogen-bond acceptors (Lipinski definition) is 9. The lowest BCUT2D eigenvalue weighted by Crippen LogP contribution is -2.41. The fraction of sp³-hybridized carbons (Fsp3) is 0.344. The molecule has 2 fully saturated rings. The van der Waals surface area contributed by atoms with Crippen molar-refractivity contribution in [2.45, 2.75) is 44.5 Å². The van der Waals surface area contributed by atoms with Crippen molar-refractivity contribution in [1.29, 1.82) is 0 Å². The lowest BCUT2D eigenvalue weighted by atomic mass is 9.76. The minimum Gasteiger partial charge on any atom is -0.480 e. The van der Waals surface area contributed by atoms with Crippen LogP contribution in [0.3, 0.4) is 0 Å². The second kappa shape index (κ2) is 12.2. The van der Waals surface area contributed by atoms with Crippen molar-refractivity contribution in [3.63, 3.8) is 0 Å². The Balaban J connectivity index is 1.31. The summed E-state index contributed by atoms with van der Waals surface area (Å²) in [4.78, 5) is 33.4. The number of hydrogen-bond donors (Lipinski definition) is 4. The van der Waals surface area contributed by atoms with Crippen molar-refractivity contribution in [3.8, 4) is 22.7 Å². The zero-order chi connectivity index (χ0) is 33.5. The van der Waals surface area contributed by atoms with E-state index in [1.54, 1.807) is 49.5 Å². The predicted octanol–water partition coefficient (Wildman–Crippen LogP) is 4.03. The Hall–Kier alpha value is -5.18. The Labute approximate surface area is 267 Å². The number of nitrogen functional groups attached to an aromatic ring is 1. The number of primary amides is 1. The maximum absolute atomic E-state index is 14.8. The largest absolute Gasteiger partial charge is 0.480 e. The van der Waals surface area contributed by atoms with Gasteiger partial charge in [0.1, 0.15) is 11.9 Å². The summed E-state index contributed by atoms with van der Waals surface area (Å²) in [5, 5.41) is 16.8. The molecule has 15 heteroatoms. The van der Waals surface area contributed by atoms with Crippen LogP contribution in [0.2, 0.25) is 0 Å². The van der Waals surface area contributed by atoms with Crippen molar-refractivity contribution in [2.75, 3.05) is 30.3 Å². The van der Waals surface area contributed by atoms with Crippen LogP contribution < -0.4 is 26.4 Å². The molecule has 4 aromatic rings. The van der Waals surface area contributed by atoms with Gasteiger partial charge in [-0.1, -0.05) is 24.3 Å². The number of halogens is 3. The summed E-state index contributed by atoms with van der Waals surface area (Å²) in [5.74, 6) is -1.81. The number of rotatable bonds is 8. The Morgan fingerprint density at radius 2 is 1.83 bits per heavy atom. The quantitative estimate of drug-likeness (QED) is 0.218. The van der Waals surface area contributed by atoms with Gasteiger partial charge < -0.3 is 31.5 Å². The molecule has 4 heterocycles. The number of benzene rings is 2. The molecule has 1 spiro atoms. The third kappa shape index (κ3) is 6.70. The highest BCUT2D eigenvalue weighted by Crippen LogP contribution is 2.43. The van der Waals surface area contributed by atoms with Crippen LogP contribution in [-0.2, 0) is 4.79 Å². The van der Waals surface area contributed by atoms with E-state index in [4.69, 9.17) is 16.2 Å². The Morgan fingerprint density at radius 1 is 1.09 bits per heavy atom. The molecule has 6 rings (SSSR count). The molecule has 12 nitrogen and oxygen atoms in total. The highest BCUT2D eigenvalue weighted by Gasteiger charge is 2.46. The van der Waals surface area contributed by atoms with Gasteiger partial charge in [0.05, 0.1) is 11.4 Å². The van der Waals surface area contributed by atoms with Crippen molar-refractivity contribution in [2.24, 2.45) is 11.1 Å². The second-order valence-electron chi connectivity index (χ2n) is 12.0. The number of piperidine rings is 1. The van der Waals surface area contributed by atoms with Crippen molar-refractivity contribution in [1.82, 2.24) is 25.1 Å². The number of carboxylic acids is 1. The number of aliphatic carboxylic acids is 1. The van der Waals surface area contributed by atoms with E-state index in [0.717, 1.165) is 0 Å². The van der Waals surface area contributed by atoms with E-state index in [1.807, 2.05) is 4.90 Å². The summed E-state index contributed by atoms with van der Waals surface area (Å²) in [7, 11) is 0. The number of anilines is 2. The average molecular weight is 651 g/mol. The van der Waals surface area contributed by atoms with Gasteiger partial charge in [-0.2, -0.15) is 28.2 Å². The molecule has 246 valence electrons. The first kappa shape index (κ1) is 31.8. The summed E-state index contributed by atoms with van der Waals surface area (Å²) in [6.45, 7) is 3.32. The van der Waals surface area contributed by atoms with Gasteiger partial charge in [0.25, 0.3) is 0 Å². The third-order valence-corrected chi connectivity index (χ3v) is 8.81. The molecule has 0 aliphatic carbocycles. The fourth-order valence-electron chi connectivity index (χ4n) is 6.31. The Bertz CT molecular complexity index is 1820. The van der Waals surface area contributed by atoms with E-state index in [2.05, 4.69) is 20.4 Å². The minimum absolute atomic E-state index is 0.107. The molecule has 2 saturated heterocycles. The Kier molecular flexibility index (Phi) is 8.26. The fourth-order valence-corrected chi connectivity index (χ4v) is 6.31. The number of carbonyl (C=O) groups is 2. The molecule has 0 bridgehead atoms. The van der Waals surface area contributed by atoms with E-state index < -0.39 is 30.2 Å². The highest BCUT2D eigenvalue weighted by molar-refractivity contribution is 5.94. The summed E-state index contributed by atoms with van der Waals surface area (Å²) >= 11 is 0. The molecule has 1 unspecified atom stereocenters. The molecule has 0 radical (unpaired) electrons. The standard InChI is InChI=1S/C32H33F3N8O4/c1-18-7-10-43(41-18)24-14-20(19-3-2-4-21(13-19)28(36)44)5-6-22(24)27(32(33,34)35)47-26-15-25(39-30(37)40-26)42-11-8-31(9-12-42)16-23(29(45)46)38-17-31/h2-7,10,13-15,23,27,38H,8-9,11-12,16-17H2,1H3,(H2,36,44)(H,45,46)(H2,37,39,40)/t23-,27?/m0/s1. The molecule has 2 aliphatic rings. The van der Waals surface area contributed by atoms with Gasteiger partial charge in [-0.15, -0.1) is 0 Å². The van der Waals surface area contributed by atoms with Gasteiger partial charge in [0.15, 0.2) is 0 Å². The normalized spacial score (nSPS) is 18.3. The Morgan fingerprint density at radius 3 is 2.47 bits per heavy atom. The van der Waals surface area contributed by atoms with E-state index in [9.17, 15) is 27.9 Å². The maximum atomic E-state index is 14.8. The molecule has 2 aliphatic heterocycles. The summed E-state index contributed by atoms with van der Waals surface area (Å²) in [6, 6.07) is 13.2. The van der Waals surface area contributed by atoms with E-state index in [1.165, 1.54) is 22.9 Å². The van der Waals surface area contributed by atoms with Crippen LogP contribution in [0.15, 0.2) is 60.8 Å². The minimum atomic E-state index is -4.88. The number of nitrogens with one attached hydrogen (secondary N) is 1. The van der Waals surface area contributed by atoms with E-state index >= 15 is 0 Å². The van der Waals surface area contributed by atoms with Crippen molar-refractivity contribution in [3.05, 3.63) is 77.6 Å². The molecule has 1 amide bonds. The van der Waals surface area contributed by atoms with Gasteiger partial charge in [0.2, 0.25) is 23.8 Å². The monoisotopic (exact) mass is 650 g/mol. The number of aromatic nitrogens is 4. The summed E-state index contributed by atoms with van der Waals surface area (Å²) in [5.41, 5.74) is 13.1. The van der Waals surface area contributed by atoms with Crippen LogP contribution in [0.4, 0.5) is 24.9 Å². The van der Waals surface area contributed by atoms with Crippen molar-refractivity contribution < 1.29 is 32.6 Å². The van der Waals surface area contributed by atoms with E-state index in [0.29, 0.717) is 61.5 Å². The summed E-state index contributed by atoms with van der Waals surface area (Å²) < 4.78 is 51.5. The third-order valence-electron chi connectivity index (χ3n) is 8.81. The zero-order valence-corrected chi connectivity index (χ0v) is 25.4. The van der Waals surface area contributed by atoms with Crippen LogP contribution in [0, 0.1) is 12.3 Å². The van der Waals surface area contributed by atoms with Gasteiger partial charge >= 0.3 is 12.1 Å². The predicted molar refractivity (Wildman–Crippen MR) is 166 cm³/mol. The first-order chi connectivity index (χ1) is 22.3. The van der Waals surface area contributed by atoms with Gasteiger partial charge in [-0.05, 0) is 67.0 Å². The number of nitrogens with two attached hydrogens (primary N) is 2. The van der Waals surface area contributed by atoms with Crippen LogP contribution in [0.5, 0.6) is 5.88 Å². The second-order valence-corrected chi connectivity index (χ2v) is 12.0. The smallest absolute Gasteiger partial charge is 0.429 e. The zero-order valence-electron chi connectivity index (χ0n) is 25.4. The molecule has 2 aromatic heterocycles. The first-order valence-electron chi connectivity index (χ1n) is 15.0. The molecule has 6 N–H and O–H groups in total. The van der Waals surface area contributed by atoms with Gasteiger partial charge in [0, 0.05) is 43.0 Å². The molecule has 2 aromatic carbocycles. The molecule has 2 atom stereocenters. The summed E-state index contributed by atoms with van der Waals surface area (Å²) in [6.07, 6.45) is -3.92. The number of aryl methyl sites for hydroxylation is 1. The van der Waals surface area contributed by atoms with Crippen LogP contribution >= 0.6 is 0 Å². The molecular formula is C32H33F3N8O4. The van der Waals surface area contributed by atoms with Crippen LogP contribution in [-0.4, -0.2) is 68.6 Å². The highest BCUT2D eigenvalue weighted by atomic mass is 19.4. The lowest BCUT2D eigenvalue weighted by molar-refractivity contribution is -0.198. The van der Waals surface area contributed by atoms with Gasteiger partial charge in [-0.25, -0.2) is 4.68 Å². The first-order valence-corrected chi connectivity index (χ1v) is 15.0. The number of carboxylic acid groups (broad SMARTS) is 1. The molecule has 47 heavy (non-hydrogen) atoms. The molecule has 0 saturated carbocycles.